The van der Waals surface area contributed by atoms with Gasteiger partial charge in [-0.2, -0.15) is 0 Å². The van der Waals surface area contributed by atoms with Gasteiger partial charge in [0.1, 0.15) is 12.4 Å². The number of rotatable bonds is 5. The molecule has 0 unspecified atom stereocenters. The Morgan fingerprint density at radius 1 is 1.50 bits per heavy atom. The molecule has 1 heterocycles. The second-order valence-corrected chi connectivity index (χ2v) is 4.47. The highest BCUT2D eigenvalue weighted by molar-refractivity contribution is 5.69. The first-order valence-electron chi connectivity index (χ1n) is 6.00. The second kappa shape index (κ2) is 5.82. The highest BCUT2D eigenvalue weighted by Gasteiger charge is 2.21. The van der Waals surface area contributed by atoms with Crippen LogP contribution in [-0.2, 0) is 11.3 Å². The van der Waals surface area contributed by atoms with Crippen LogP contribution in [0.25, 0.3) is 0 Å². The molecular weight excluding hydrogens is 235 g/mol. The highest BCUT2D eigenvalue weighted by Crippen LogP contribution is 2.07. The first-order valence-corrected chi connectivity index (χ1v) is 6.00. The Morgan fingerprint density at radius 3 is 3.00 bits per heavy atom. The molecule has 0 N–H and O–H groups in total. The van der Waals surface area contributed by atoms with Gasteiger partial charge in [0.2, 0.25) is 0 Å². The lowest BCUT2D eigenvalue weighted by Crippen LogP contribution is -2.33. The van der Waals surface area contributed by atoms with Gasteiger partial charge in [-0.1, -0.05) is 12.1 Å². The van der Waals surface area contributed by atoms with Crippen molar-refractivity contribution >= 4 is 6.09 Å². The third-order valence-electron chi connectivity index (χ3n) is 2.94. The van der Waals surface area contributed by atoms with E-state index in [0.29, 0.717) is 26.2 Å². The molecule has 2 rings (SSSR count). The van der Waals surface area contributed by atoms with E-state index in [0.717, 1.165) is 12.1 Å². The number of hydrogen-bond acceptors (Lipinski definition) is 3. The minimum absolute atomic E-state index is 0.218. The molecule has 1 aromatic carbocycles. The van der Waals surface area contributed by atoms with Crippen LogP contribution in [0.15, 0.2) is 24.3 Å². The van der Waals surface area contributed by atoms with Gasteiger partial charge in [0, 0.05) is 19.6 Å². The van der Waals surface area contributed by atoms with E-state index in [1.165, 1.54) is 12.1 Å². The summed E-state index contributed by atoms with van der Waals surface area (Å²) in [7, 11) is 1.95. The zero-order valence-corrected chi connectivity index (χ0v) is 10.4. The summed E-state index contributed by atoms with van der Waals surface area (Å²) in [6, 6.07) is 6.56. The van der Waals surface area contributed by atoms with Crippen molar-refractivity contribution in [2.24, 2.45) is 0 Å². The summed E-state index contributed by atoms with van der Waals surface area (Å²) in [5.41, 5.74) is 0.932. The van der Waals surface area contributed by atoms with Crippen LogP contribution in [0, 0.1) is 5.82 Å². The first kappa shape index (κ1) is 12.8. The molecule has 0 saturated carbocycles. The predicted molar refractivity (Wildman–Crippen MR) is 65.7 cm³/mol. The van der Waals surface area contributed by atoms with Crippen molar-refractivity contribution in [1.82, 2.24) is 9.80 Å². The van der Waals surface area contributed by atoms with Gasteiger partial charge in [-0.3, -0.25) is 0 Å². The third-order valence-corrected chi connectivity index (χ3v) is 2.94. The van der Waals surface area contributed by atoms with E-state index >= 15 is 0 Å². The molecule has 0 atom stereocenters. The third kappa shape index (κ3) is 3.43. The Balaban J connectivity index is 1.78. The molecule has 0 aliphatic carbocycles. The van der Waals surface area contributed by atoms with E-state index in [1.807, 2.05) is 13.1 Å². The zero-order valence-electron chi connectivity index (χ0n) is 10.4. The number of carbonyl (C=O) groups excluding carboxylic acids is 1. The molecule has 0 spiro atoms. The smallest absolute Gasteiger partial charge is 0.409 e. The molecule has 0 bridgehead atoms. The summed E-state index contributed by atoms with van der Waals surface area (Å²) in [5.74, 6) is -0.218. The summed E-state index contributed by atoms with van der Waals surface area (Å²) in [6.07, 6.45) is -0.242. The number of ether oxygens (including phenoxy) is 1. The van der Waals surface area contributed by atoms with Crippen LogP contribution in [0.2, 0.25) is 0 Å². The number of hydrogen-bond donors (Lipinski definition) is 0. The topological polar surface area (TPSA) is 32.8 Å². The molecule has 0 radical (unpaired) electrons. The molecular formula is C13H17FN2O2. The Kier molecular flexibility index (Phi) is 4.15. The molecule has 1 aliphatic heterocycles. The van der Waals surface area contributed by atoms with Gasteiger partial charge < -0.3 is 14.5 Å². The Morgan fingerprint density at radius 2 is 2.33 bits per heavy atom. The Labute approximate surface area is 106 Å². The molecule has 98 valence electrons. The minimum atomic E-state index is -0.242. The van der Waals surface area contributed by atoms with Crippen LogP contribution in [-0.4, -0.2) is 49.2 Å². The van der Waals surface area contributed by atoms with Crippen molar-refractivity contribution in [1.29, 1.82) is 0 Å². The Hall–Kier alpha value is -1.62. The van der Waals surface area contributed by atoms with E-state index in [4.69, 9.17) is 4.74 Å². The molecule has 1 fully saturated rings. The van der Waals surface area contributed by atoms with Gasteiger partial charge in [0.25, 0.3) is 0 Å². The molecule has 4 nitrogen and oxygen atoms in total. The minimum Gasteiger partial charge on any atom is -0.448 e. The average molecular weight is 252 g/mol. The summed E-state index contributed by atoms with van der Waals surface area (Å²) >= 11 is 0. The van der Waals surface area contributed by atoms with Crippen LogP contribution in [0.3, 0.4) is 0 Å². The summed E-state index contributed by atoms with van der Waals surface area (Å²) in [6.45, 7) is 3.19. The number of halogens is 1. The molecule has 1 aromatic rings. The van der Waals surface area contributed by atoms with Crippen LogP contribution >= 0.6 is 0 Å². The standard InChI is InChI=1S/C13H17FN2O2/c1-15(5-6-16-7-8-18-13(16)17)10-11-3-2-4-12(14)9-11/h2-4,9H,5-8,10H2,1H3. The normalized spacial score (nSPS) is 15.3. The lowest BCUT2D eigenvalue weighted by atomic mass is 10.2. The van der Waals surface area contributed by atoms with Gasteiger partial charge >= 0.3 is 6.09 Å². The van der Waals surface area contributed by atoms with Gasteiger partial charge in [-0.15, -0.1) is 0 Å². The average Bonchev–Trinajstić information content (AvgIpc) is 2.72. The fourth-order valence-corrected chi connectivity index (χ4v) is 1.95. The molecule has 0 aromatic heterocycles. The van der Waals surface area contributed by atoms with Crippen molar-refractivity contribution < 1.29 is 13.9 Å². The van der Waals surface area contributed by atoms with Crippen molar-refractivity contribution in [2.45, 2.75) is 6.54 Å². The molecule has 1 saturated heterocycles. The molecule has 5 heteroatoms. The molecule has 18 heavy (non-hydrogen) atoms. The van der Waals surface area contributed by atoms with Crippen molar-refractivity contribution in [3.63, 3.8) is 0 Å². The Bertz CT molecular complexity index is 425. The van der Waals surface area contributed by atoms with E-state index in [1.54, 1.807) is 11.0 Å². The number of carbonyl (C=O) groups is 1. The predicted octanol–water partition coefficient (Wildman–Crippen LogP) is 1.71. The van der Waals surface area contributed by atoms with Gasteiger partial charge in [0.05, 0.1) is 6.54 Å². The van der Waals surface area contributed by atoms with Crippen molar-refractivity contribution in [2.75, 3.05) is 33.3 Å². The van der Waals surface area contributed by atoms with Crippen LogP contribution in [0.5, 0.6) is 0 Å². The first-order chi connectivity index (χ1) is 8.65. The van der Waals surface area contributed by atoms with E-state index in [9.17, 15) is 9.18 Å². The maximum absolute atomic E-state index is 13.0. The summed E-state index contributed by atoms with van der Waals surface area (Å²) in [4.78, 5) is 15.0. The fourth-order valence-electron chi connectivity index (χ4n) is 1.95. The maximum atomic E-state index is 13.0. The lowest BCUT2D eigenvalue weighted by molar-refractivity contribution is 0.155. The number of likely N-dealkylation sites (N-methyl/N-ethyl adjacent to an activating group) is 1. The maximum Gasteiger partial charge on any atom is 0.409 e. The second-order valence-electron chi connectivity index (χ2n) is 4.47. The van der Waals surface area contributed by atoms with Gasteiger partial charge in [-0.05, 0) is 24.7 Å². The number of benzene rings is 1. The number of nitrogens with zero attached hydrogens (tertiary/aromatic N) is 2. The zero-order chi connectivity index (χ0) is 13.0. The SMILES string of the molecule is CN(CCN1CCOC1=O)Cc1cccc(F)c1. The van der Waals surface area contributed by atoms with E-state index < -0.39 is 0 Å². The monoisotopic (exact) mass is 252 g/mol. The molecule has 1 aliphatic rings. The van der Waals surface area contributed by atoms with Gasteiger partial charge in [0.15, 0.2) is 0 Å². The van der Waals surface area contributed by atoms with Gasteiger partial charge in [-0.25, -0.2) is 9.18 Å². The van der Waals surface area contributed by atoms with E-state index in [-0.39, 0.29) is 11.9 Å². The summed E-state index contributed by atoms with van der Waals surface area (Å²) in [5, 5.41) is 0. The van der Waals surface area contributed by atoms with Crippen molar-refractivity contribution in [3.8, 4) is 0 Å². The van der Waals surface area contributed by atoms with Crippen LogP contribution in [0.1, 0.15) is 5.56 Å². The number of cyclic esters (lactones) is 1. The van der Waals surface area contributed by atoms with E-state index in [2.05, 4.69) is 4.90 Å². The molecule has 1 amide bonds. The lowest BCUT2D eigenvalue weighted by Gasteiger charge is -2.20. The van der Waals surface area contributed by atoms with Crippen LogP contribution in [0.4, 0.5) is 9.18 Å². The highest BCUT2D eigenvalue weighted by atomic mass is 19.1. The summed E-state index contributed by atoms with van der Waals surface area (Å²) < 4.78 is 17.9. The van der Waals surface area contributed by atoms with Crippen LogP contribution < -0.4 is 0 Å². The van der Waals surface area contributed by atoms with Crippen molar-refractivity contribution in [3.05, 3.63) is 35.6 Å². The largest absolute Gasteiger partial charge is 0.448 e. The fraction of sp³-hybridized carbons (Fsp3) is 0.462. The quantitative estimate of drug-likeness (QED) is 0.799. The number of amides is 1.